The van der Waals surface area contributed by atoms with Crippen molar-refractivity contribution < 1.29 is 14.4 Å². The maximum absolute atomic E-state index is 11.9. The van der Waals surface area contributed by atoms with Crippen molar-refractivity contribution >= 4 is 18.3 Å². The predicted molar refractivity (Wildman–Crippen MR) is 85.4 cm³/mol. The zero-order chi connectivity index (χ0) is 15.1. The smallest absolute Gasteiger partial charge is 0.273 e. The van der Waals surface area contributed by atoms with Gasteiger partial charge < -0.3 is 20.3 Å². The van der Waals surface area contributed by atoms with Gasteiger partial charge >= 0.3 is 0 Å². The van der Waals surface area contributed by atoms with Gasteiger partial charge in [0.15, 0.2) is 5.69 Å². The zero-order valence-corrected chi connectivity index (χ0v) is 13.7. The van der Waals surface area contributed by atoms with Gasteiger partial charge in [0.05, 0.1) is 6.10 Å². The number of aliphatic hydroxyl groups is 1. The SMILES string of the molecule is CCCc1cc(C(=O)NCC(O)CN2CCNCC2)no1.Cl. The standard InChI is InChI=1S/C14H24N4O3.ClH/c1-2-3-12-8-13(17-21-12)14(20)16-9-11(19)10-18-6-4-15-5-7-18;/h8,11,15,19H,2-7,9-10H2,1H3,(H,16,20);1H. The Balaban J connectivity index is 0.00000242. The van der Waals surface area contributed by atoms with Crippen LogP contribution in [-0.2, 0) is 6.42 Å². The second-order valence-corrected chi connectivity index (χ2v) is 5.34. The summed E-state index contributed by atoms with van der Waals surface area (Å²) in [6, 6.07) is 1.65. The third-order valence-electron chi connectivity index (χ3n) is 3.46. The molecule has 0 saturated carbocycles. The Kier molecular flexibility index (Phi) is 8.40. The number of amides is 1. The summed E-state index contributed by atoms with van der Waals surface area (Å²) in [4.78, 5) is 14.1. The molecular weight excluding hydrogens is 308 g/mol. The van der Waals surface area contributed by atoms with Gasteiger partial charge in [-0.15, -0.1) is 12.4 Å². The minimum atomic E-state index is -0.575. The molecule has 1 aliphatic rings. The molecule has 8 heteroatoms. The lowest BCUT2D eigenvalue weighted by molar-refractivity contribution is 0.0835. The van der Waals surface area contributed by atoms with E-state index in [4.69, 9.17) is 4.52 Å². The fourth-order valence-corrected chi connectivity index (χ4v) is 2.34. The molecule has 22 heavy (non-hydrogen) atoms. The third kappa shape index (κ3) is 5.92. The molecule has 1 aromatic rings. The van der Waals surface area contributed by atoms with E-state index in [1.54, 1.807) is 6.07 Å². The average molecular weight is 333 g/mol. The van der Waals surface area contributed by atoms with Gasteiger partial charge in [0.25, 0.3) is 5.91 Å². The van der Waals surface area contributed by atoms with Crippen LogP contribution in [0.2, 0.25) is 0 Å². The molecule has 0 bridgehead atoms. The fourth-order valence-electron chi connectivity index (χ4n) is 2.34. The van der Waals surface area contributed by atoms with E-state index in [9.17, 15) is 9.90 Å². The van der Waals surface area contributed by atoms with Gasteiger partial charge in [0.2, 0.25) is 0 Å². The highest BCUT2D eigenvalue weighted by Crippen LogP contribution is 2.06. The molecule has 0 radical (unpaired) electrons. The van der Waals surface area contributed by atoms with Crippen LogP contribution in [0.25, 0.3) is 0 Å². The van der Waals surface area contributed by atoms with Gasteiger partial charge in [0, 0.05) is 51.8 Å². The second kappa shape index (κ2) is 9.78. The highest BCUT2D eigenvalue weighted by Gasteiger charge is 2.17. The lowest BCUT2D eigenvalue weighted by Gasteiger charge is -2.29. The summed E-state index contributed by atoms with van der Waals surface area (Å²) < 4.78 is 5.07. The maximum atomic E-state index is 11.9. The Labute approximate surface area is 136 Å². The highest BCUT2D eigenvalue weighted by molar-refractivity contribution is 5.92. The van der Waals surface area contributed by atoms with Gasteiger partial charge in [-0.25, -0.2) is 0 Å². The van der Waals surface area contributed by atoms with Crippen molar-refractivity contribution in [3.63, 3.8) is 0 Å². The molecule has 0 spiro atoms. The summed E-state index contributed by atoms with van der Waals surface area (Å²) in [5.74, 6) is 0.407. The van der Waals surface area contributed by atoms with Crippen molar-refractivity contribution in [2.24, 2.45) is 0 Å². The minimum Gasteiger partial charge on any atom is -0.390 e. The molecule has 1 unspecified atom stereocenters. The minimum absolute atomic E-state index is 0. The molecule has 1 fully saturated rings. The Hall–Kier alpha value is -1.15. The second-order valence-electron chi connectivity index (χ2n) is 5.34. The summed E-state index contributed by atoms with van der Waals surface area (Å²) in [6.45, 7) is 6.56. The highest BCUT2D eigenvalue weighted by atomic mass is 35.5. The van der Waals surface area contributed by atoms with Crippen LogP contribution in [0.1, 0.15) is 29.6 Å². The van der Waals surface area contributed by atoms with Gasteiger partial charge in [-0.3, -0.25) is 9.69 Å². The first-order chi connectivity index (χ1) is 10.2. The maximum Gasteiger partial charge on any atom is 0.273 e. The van der Waals surface area contributed by atoms with Crippen LogP contribution in [0.3, 0.4) is 0 Å². The normalized spacial score (nSPS) is 16.8. The van der Waals surface area contributed by atoms with Gasteiger partial charge in [-0.2, -0.15) is 0 Å². The molecule has 1 amide bonds. The molecule has 1 aliphatic heterocycles. The molecule has 2 rings (SSSR count). The van der Waals surface area contributed by atoms with Crippen molar-refractivity contribution in [3.8, 4) is 0 Å². The van der Waals surface area contributed by atoms with Gasteiger partial charge in [0.1, 0.15) is 5.76 Å². The zero-order valence-electron chi connectivity index (χ0n) is 12.9. The van der Waals surface area contributed by atoms with E-state index >= 15 is 0 Å². The summed E-state index contributed by atoms with van der Waals surface area (Å²) in [5.41, 5.74) is 0.271. The monoisotopic (exact) mass is 332 g/mol. The van der Waals surface area contributed by atoms with Gasteiger partial charge in [-0.05, 0) is 6.42 Å². The van der Waals surface area contributed by atoms with E-state index in [0.717, 1.165) is 39.0 Å². The number of carbonyl (C=O) groups excluding carboxylic acids is 1. The van der Waals surface area contributed by atoms with E-state index < -0.39 is 6.10 Å². The Bertz CT molecular complexity index is 449. The average Bonchev–Trinajstić information content (AvgIpc) is 2.95. The lowest BCUT2D eigenvalue weighted by atomic mass is 10.2. The van der Waals surface area contributed by atoms with Crippen LogP contribution in [0.15, 0.2) is 10.6 Å². The Morgan fingerprint density at radius 1 is 1.55 bits per heavy atom. The van der Waals surface area contributed by atoms with Crippen molar-refractivity contribution in [3.05, 3.63) is 17.5 Å². The van der Waals surface area contributed by atoms with Crippen LogP contribution in [0, 0.1) is 0 Å². The number of aryl methyl sites for hydroxylation is 1. The molecule has 3 N–H and O–H groups in total. The van der Waals surface area contributed by atoms with Crippen LogP contribution < -0.4 is 10.6 Å². The molecule has 0 aliphatic carbocycles. The van der Waals surface area contributed by atoms with E-state index in [1.165, 1.54) is 0 Å². The van der Waals surface area contributed by atoms with E-state index in [2.05, 4.69) is 20.7 Å². The first-order valence-corrected chi connectivity index (χ1v) is 7.54. The number of aromatic nitrogens is 1. The topological polar surface area (TPSA) is 90.6 Å². The van der Waals surface area contributed by atoms with E-state index in [0.29, 0.717) is 12.3 Å². The summed E-state index contributed by atoms with van der Waals surface area (Å²) in [6.07, 6.45) is 1.14. The number of aliphatic hydroxyl groups excluding tert-OH is 1. The molecular formula is C14H25ClN4O3. The fraction of sp³-hybridized carbons (Fsp3) is 0.714. The first kappa shape index (κ1) is 18.9. The number of β-amino-alcohol motifs (C(OH)–C–C–N with tert-alkyl or cyclic N) is 1. The Morgan fingerprint density at radius 3 is 2.95 bits per heavy atom. The molecule has 126 valence electrons. The molecule has 1 atom stereocenters. The van der Waals surface area contributed by atoms with Crippen LogP contribution >= 0.6 is 12.4 Å². The number of carbonyl (C=O) groups is 1. The summed E-state index contributed by atoms with van der Waals surface area (Å²) in [5, 5.41) is 19.7. The lowest BCUT2D eigenvalue weighted by Crippen LogP contribution is -2.48. The number of hydrogen-bond donors (Lipinski definition) is 3. The predicted octanol–water partition coefficient (Wildman–Crippen LogP) is 0.0448. The number of nitrogens with one attached hydrogen (secondary N) is 2. The summed E-state index contributed by atoms with van der Waals surface area (Å²) in [7, 11) is 0. The van der Waals surface area contributed by atoms with Crippen LogP contribution in [0.5, 0.6) is 0 Å². The quantitative estimate of drug-likeness (QED) is 0.653. The van der Waals surface area contributed by atoms with Crippen LogP contribution in [-0.4, -0.2) is 66.4 Å². The van der Waals surface area contributed by atoms with Crippen molar-refractivity contribution in [2.45, 2.75) is 25.9 Å². The molecule has 7 nitrogen and oxygen atoms in total. The molecule has 0 aromatic carbocycles. The van der Waals surface area contributed by atoms with Gasteiger partial charge in [-0.1, -0.05) is 12.1 Å². The number of halogens is 1. The molecule has 2 heterocycles. The molecule has 1 aromatic heterocycles. The largest absolute Gasteiger partial charge is 0.390 e. The third-order valence-corrected chi connectivity index (χ3v) is 3.46. The first-order valence-electron chi connectivity index (χ1n) is 7.54. The number of nitrogens with zero attached hydrogens (tertiary/aromatic N) is 2. The number of piperazine rings is 1. The van der Waals surface area contributed by atoms with E-state index in [1.807, 2.05) is 6.92 Å². The van der Waals surface area contributed by atoms with Crippen molar-refractivity contribution in [1.29, 1.82) is 0 Å². The van der Waals surface area contributed by atoms with E-state index in [-0.39, 0.29) is 30.6 Å². The van der Waals surface area contributed by atoms with Crippen LogP contribution in [0.4, 0.5) is 0 Å². The Morgan fingerprint density at radius 2 is 2.27 bits per heavy atom. The number of rotatable bonds is 7. The summed E-state index contributed by atoms with van der Waals surface area (Å²) >= 11 is 0. The van der Waals surface area contributed by atoms with Crippen molar-refractivity contribution in [2.75, 3.05) is 39.3 Å². The molecule has 1 saturated heterocycles. The van der Waals surface area contributed by atoms with Crippen molar-refractivity contribution in [1.82, 2.24) is 20.7 Å². The number of hydrogen-bond acceptors (Lipinski definition) is 6.